The van der Waals surface area contributed by atoms with Crippen LogP contribution in [0.15, 0.2) is 34.9 Å². The van der Waals surface area contributed by atoms with Gasteiger partial charge in [-0.2, -0.15) is 5.10 Å². The van der Waals surface area contributed by atoms with E-state index in [2.05, 4.69) is 21.0 Å². The van der Waals surface area contributed by atoms with Crippen molar-refractivity contribution >= 4 is 27.5 Å². The Bertz CT molecular complexity index is 465. The summed E-state index contributed by atoms with van der Waals surface area (Å²) in [5.74, 6) is 0. The molecule has 1 aromatic heterocycles. The zero-order valence-corrected chi connectivity index (χ0v) is 9.88. The Labute approximate surface area is 95.6 Å². The van der Waals surface area contributed by atoms with Gasteiger partial charge in [0.1, 0.15) is 5.15 Å². The number of para-hydroxylation sites is 1. The molecule has 0 amide bonds. The van der Waals surface area contributed by atoms with Crippen LogP contribution in [0.5, 0.6) is 0 Å². The smallest absolute Gasteiger partial charge is 0.147 e. The summed E-state index contributed by atoms with van der Waals surface area (Å²) >= 11 is 9.39. The monoisotopic (exact) mass is 270 g/mol. The number of hydrogen-bond acceptors (Lipinski definition) is 1. The van der Waals surface area contributed by atoms with E-state index in [1.165, 1.54) is 0 Å². The zero-order chi connectivity index (χ0) is 10.1. The standard InChI is InChI=1S/C10H8BrClN2/c1-7-4-2-3-5-9(7)14-10(12)8(11)6-13-14/h2-6H,1H3. The van der Waals surface area contributed by atoms with E-state index < -0.39 is 0 Å². The lowest BCUT2D eigenvalue weighted by molar-refractivity contribution is 0.873. The maximum absolute atomic E-state index is 6.07. The van der Waals surface area contributed by atoms with E-state index in [1.807, 2.05) is 31.2 Å². The normalized spacial score (nSPS) is 10.5. The van der Waals surface area contributed by atoms with E-state index in [1.54, 1.807) is 10.9 Å². The van der Waals surface area contributed by atoms with Crippen LogP contribution in [0.1, 0.15) is 5.56 Å². The van der Waals surface area contributed by atoms with Crippen LogP contribution in [0.2, 0.25) is 5.15 Å². The van der Waals surface area contributed by atoms with Crippen LogP contribution in [0.25, 0.3) is 5.69 Å². The molecule has 14 heavy (non-hydrogen) atoms. The molecule has 0 aliphatic rings. The topological polar surface area (TPSA) is 17.8 Å². The molecule has 0 saturated carbocycles. The van der Waals surface area contributed by atoms with Gasteiger partial charge in [-0.3, -0.25) is 0 Å². The van der Waals surface area contributed by atoms with Crippen molar-refractivity contribution in [1.82, 2.24) is 9.78 Å². The number of hydrogen-bond donors (Lipinski definition) is 0. The molecule has 0 N–H and O–H groups in total. The summed E-state index contributed by atoms with van der Waals surface area (Å²) < 4.78 is 2.52. The Morgan fingerprint density at radius 3 is 2.64 bits per heavy atom. The Morgan fingerprint density at radius 2 is 2.07 bits per heavy atom. The molecule has 0 radical (unpaired) electrons. The predicted octanol–water partition coefficient (Wildman–Crippen LogP) is 3.60. The molecule has 2 nitrogen and oxygen atoms in total. The molecule has 0 bridgehead atoms. The third-order valence-electron chi connectivity index (χ3n) is 2.01. The van der Waals surface area contributed by atoms with Crippen molar-refractivity contribution in [3.63, 3.8) is 0 Å². The summed E-state index contributed by atoms with van der Waals surface area (Å²) in [5.41, 5.74) is 2.15. The first-order valence-electron chi connectivity index (χ1n) is 4.15. The summed E-state index contributed by atoms with van der Waals surface area (Å²) in [6.07, 6.45) is 1.69. The number of aromatic nitrogens is 2. The molecule has 1 heterocycles. The molecule has 2 aromatic rings. The van der Waals surface area contributed by atoms with Gasteiger partial charge >= 0.3 is 0 Å². The number of halogens is 2. The summed E-state index contributed by atoms with van der Waals surface area (Å²) in [6, 6.07) is 7.97. The van der Waals surface area contributed by atoms with Crippen molar-refractivity contribution in [2.45, 2.75) is 6.92 Å². The molecule has 0 spiro atoms. The van der Waals surface area contributed by atoms with Gasteiger partial charge in [-0.15, -0.1) is 0 Å². The average molecular weight is 272 g/mol. The number of benzene rings is 1. The van der Waals surface area contributed by atoms with Gasteiger partial charge in [0, 0.05) is 0 Å². The molecule has 1 aromatic carbocycles. The van der Waals surface area contributed by atoms with Crippen LogP contribution >= 0.6 is 27.5 Å². The molecule has 0 saturated heterocycles. The van der Waals surface area contributed by atoms with Crippen LogP contribution < -0.4 is 0 Å². The fraction of sp³-hybridized carbons (Fsp3) is 0.100. The second-order valence-electron chi connectivity index (χ2n) is 2.98. The quantitative estimate of drug-likeness (QED) is 0.775. The van der Waals surface area contributed by atoms with E-state index in [-0.39, 0.29) is 0 Å². The molecular formula is C10H8BrClN2. The highest BCUT2D eigenvalue weighted by atomic mass is 79.9. The van der Waals surface area contributed by atoms with Crippen molar-refractivity contribution in [2.24, 2.45) is 0 Å². The van der Waals surface area contributed by atoms with E-state index in [4.69, 9.17) is 11.6 Å². The molecule has 0 atom stereocenters. The van der Waals surface area contributed by atoms with Crippen LogP contribution in [0, 0.1) is 6.92 Å². The predicted molar refractivity (Wildman–Crippen MR) is 61.0 cm³/mol. The highest BCUT2D eigenvalue weighted by Crippen LogP contribution is 2.25. The molecule has 2 rings (SSSR count). The van der Waals surface area contributed by atoms with Crippen molar-refractivity contribution < 1.29 is 0 Å². The van der Waals surface area contributed by atoms with Gasteiger partial charge in [0.25, 0.3) is 0 Å². The molecule has 0 fully saturated rings. The van der Waals surface area contributed by atoms with Gasteiger partial charge in [0.2, 0.25) is 0 Å². The van der Waals surface area contributed by atoms with Gasteiger partial charge < -0.3 is 0 Å². The molecule has 72 valence electrons. The SMILES string of the molecule is Cc1ccccc1-n1ncc(Br)c1Cl. The van der Waals surface area contributed by atoms with E-state index in [0.717, 1.165) is 15.7 Å². The third kappa shape index (κ3) is 1.57. The number of nitrogens with zero attached hydrogens (tertiary/aromatic N) is 2. The molecule has 0 aliphatic carbocycles. The minimum absolute atomic E-state index is 0.597. The summed E-state index contributed by atoms with van der Waals surface area (Å²) in [5, 5.41) is 4.78. The van der Waals surface area contributed by atoms with Crippen LogP contribution in [0.3, 0.4) is 0 Å². The Hall–Kier alpha value is -0.800. The third-order valence-corrected chi connectivity index (χ3v) is 3.19. The first-order valence-corrected chi connectivity index (χ1v) is 5.32. The summed E-state index contributed by atoms with van der Waals surface area (Å²) in [4.78, 5) is 0. The molecule has 4 heteroatoms. The highest BCUT2D eigenvalue weighted by molar-refractivity contribution is 9.10. The molecule has 0 aliphatic heterocycles. The van der Waals surface area contributed by atoms with Gasteiger partial charge in [-0.1, -0.05) is 29.8 Å². The van der Waals surface area contributed by atoms with Crippen molar-refractivity contribution in [2.75, 3.05) is 0 Å². The Morgan fingerprint density at radius 1 is 1.36 bits per heavy atom. The van der Waals surface area contributed by atoms with Crippen LogP contribution in [-0.2, 0) is 0 Å². The summed E-state index contributed by atoms with van der Waals surface area (Å²) in [6.45, 7) is 2.03. The maximum Gasteiger partial charge on any atom is 0.147 e. The van der Waals surface area contributed by atoms with Gasteiger partial charge in [0.05, 0.1) is 16.4 Å². The van der Waals surface area contributed by atoms with E-state index in [0.29, 0.717) is 5.15 Å². The van der Waals surface area contributed by atoms with E-state index >= 15 is 0 Å². The Kier molecular flexibility index (Phi) is 2.61. The average Bonchev–Trinajstić information content (AvgIpc) is 2.49. The van der Waals surface area contributed by atoms with Crippen molar-refractivity contribution in [1.29, 1.82) is 0 Å². The van der Waals surface area contributed by atoms with Crippen molar-refractivity contribution in [3.05, 3.63) is 45.7 Å². The minimum atomic E-state index is 0.597. The second-order valence-corrected chi connectivity index (χ2v) is 4.19. The van der Waals surface area contributed by atoms with Gasteiger partial charge in [-0.25, -0.2) is 4.68 Å². The largest absolute Gasteiger partial charge is 0.221 e. The van der Waals surface area contributed by atoms with Gasteiger partial charge in [0.15, 0.2) is 0 Å². The first-order chi connectivity index (χ1) is 6.70. The summed E-state index contributed by atoms with van der Waals surface area (Å²) in [7, 11) is 0. The highest BCUT2D eigenvalue weighted by Gasteiger charge is 2.08. The van der Waals surface area contributed by atoms with E-state index in [9.17, 15) is 0 Å². The zero-order valence-electron chi connectivity index (χ0n) is 7.54. The fourth-order valence-electron chi connectivity index (χ4n) is 1.28. The lowest BCUT2D eigenvalue weighted by Gasteiger charge is -2.05. The second kappa shape index (κ2) is 3.75. The lowest BCUT2D eigenvalue weighted by atomic mass is 10.2. The lowest BCUT2D eigenvalue weighted by Crippen LogP contribution is -1.98. The maximum atomic E-state index is 6.07. The van der Waals surface area contributed by atoms with Crippen molar-refractivity contribution in [3.8, 4) is 5.69 Å². The number of rotatable bonds is 1. The van der Waals surface area contributed by atoms with Gasteiger partial charge in [-0.05, 0) is 34.5 Å². The minimum Gasteiger partial charge on any atom is -0.221 e. The fourth-order valence-corrected chi connectivity index (χ4v) is 1.73. The Balaban J connectivity index is 2.60. The van der Waals surface area contributed by atoms with Crippen LogP contribution in [0.4, 0.5) is 0 Å². The first kappa shape index (κ1) is 9.74. The molecule has 0 unspecified atom stereocenters. The number of aryl methyl sites for hydroxylation is 1. The van der Waals surface area contributed by atoms with Crippen LogP contribution in [-0.4, -0.2) is 9.78 Å². The molecular weight excluding hydrogens is 263 g/mol.